The van der Waals surface area contributed by atoms with Crippen LogP contribution in [0.4, 0.5) is 0 Å². The molecule has 1 N–H and O–H groups in total. The molecule has 10 aromatic rings. The standard InChI is InChI=1S/C45H27N3O2S/c1-2-12-26(13-3-1)43-46-44(48-45(47-43)34-21-11-25-38-40(34)31-15-5-7-24-37(31)51-38)33-20-10-23-36-39(33)32-19-9-18-30(42(32)50-36)29-17-8-16-28-27-14-4-6-22-35(27)49-41(28)29/h1-25,45H,(H,46,47,48). The number of hydrogen-bond donors (Lipinski definition) is 1. The van der Waals surface area contributed by atoms with Gasteiger partial charge in [-0.05, 0) is 24.3 Å². The molecule has 4 heterocycles. The van der Waals surface area contributed by atoms with E-state index in [0.717, 1.165) is 77.5 Å². The largest absolute Gasteiger partial charge is 0.455 e. The van der Waals surface area contributed by atoms with E-state index >= 15 is 0 Å². The van der Waals surface area contributed by atoms with E-state index in [1.807, 2.05) is 59.9 Å². The zero-order chi connectivity index (χ0) is 33.5. The van der Waals surface area contributed by atoms with Crippen LogP contribution in [0.25, 0.3) is 75.2 Å². The van der Waals surface area contributed by atoms with E-state index in [2.05, 4.69) is 108 Å². The molecule has 1 aliphatic heterocycles. The van der Waals surface area contributed by atoms with Crippen LogP contribution in [-0.2, 0) is 0 Å². The number of nitrogens with one attached hydrogen (secondary N) is 1. The Kier molecular flexibility index (Phi) is 6.12. The Morgan fingerprint density at radius 3 is 2.00 bits per heavy atom. The van der Waals surface area contributed by atoms with Gasteiger partial charge in [0.15, 0.2) is 5.84 Å². The number of fused-ring (bicyclic) bond motifs is 9. The molecule has 5 nitrogen and oxygen atoms in total. The number of hydrogen-bond acceptors (Lipinski definition) is 6. The van der Waals surface area contributed by atoms with Crippen LogP contribution >= 0.6 is 11.3 Å². The minimum atomic E-state index is -0.357. The van der Waals surface area contributed by atoms with E-state index in [9.17, 15) is 0 Å². The summed E-state index contributed by atoms with van der Waals surface area (Å²) in [5.74, 6) is 1.44. The quantitative estimate of drug-likeness (QED) is 0.202. The number of amidine groups is 2. The van der Waals surface area contributed by atoms with E-state index in [-0.39, 0.29) is 6.17 Å². The van der Waals surface area contributed by atoms with Crippen molar-refractivity contribution in [3.8, 4) is 11.1 Å². The van der Waals surface area contributed by atoms with Gasteiger partial charge in [0.25, 0.3) is 0 Å². The maximum absolute atomic E-state index is 6.75. The lowest BCUT2D eigenvalue weighted by molar-refractivity contribution is 0.665. The third-order valence-electron chi connectivity index (χ3n) is 9.98. The highest BCUT2D eigenvalue weighted by molar-refractivity contribution is 7.25. The summed E-state index contributed by atoms with van der Waals surface area (Å²) < 4.78 is 15.7. The third-order valence-corrected chi connectivity index (χ3v) is 11.1. The van der Waals surface area contributed by atoms with Crippen molar-refractivity contribution in [2.45, 2.75) is 6.17 Å². The van der Waals surface area contributed by atoms with Gasteiger partial charge in [-0.3, -0.25) is 0 Å². The zero-order valence-electron chi connectivity index (χ0n) is 27.1. The molecule has 0 aliphatic carbocycles. The predicted molar refractivity (Wildman–Crippen MR) is 211 cm³/mol. The molecule has 1 unspecified atom stereocenters. The number of aliphatic imine (C=N–C) groups is 2. The Morgan fingerprint density at radius 2 is 1.12 bits per heavy atom. The van der Waals surface area contributed by atoms with Crippen LogP contribution in [0.2, 0.25) is 0 Å². The molecule has 0 bridgehead atoms. The molecule has 0 amide bonds. The van der Waals surface area contributed by atoms with Crippen molar-refractivity contribution < 1.29 is 8.83 Å². The Bertz CT molecular complexity index is 3070. The lowest BCUT2D eigenvalue weighted by Crippen LogP contribution is -2.33. The van der Waals surface area contributed by atoms with Gasteiger partial charge >= 0.3 is 0 Å². The van der Waals surface area contributed by atoms with E-state index in [4.69, 9.17) is 18.8 Å². The molecular weight excluding hydrogens is 647 g/mol. The number of benzene rings is 7. The van der Waals surface area contributed by atoms with Crippen LogP contribution in [-0.4, -0.2) is 11.7 Å². The summed E-state index contributed by atoms with van der Waals surface area (Å²) in [5, 5.41) is 10.4. The molecule has 11 rings (SSSR count). The molecule has 0 radical (unpaired) electrons. The van der Waals surface area contributed by atoms with Gasteiger partial charge in [0.2, 0.25) is 0 Å². The summed E-state index contributed by atoms with van der Waals surface area (Å²) in [6, 6.07) is 52.4. The fourth-order valence-corrected chi connectivity index (χ4v) is 8.85. The van der Waals surface area contributed by atoms with Gasteiger partial charge in [0.05, 0.1) is 0 Å². The Labute approximate surface area is 295 Å². The second kappa shape index (κ2) is 11.0. The molecule has 0 fully saturated rings. The van der Waals surface area contributed by atoms with Crippen molar-refractivity contribution in [2.24, 2.45) is 9.98 Å². The lowest BCUT2D eigenvalue weighted by atomic mass is 9.98. The molecule has 240 valence electrons. The third kappa shape index (κ3) is 4.33. The van der Waals surface area contributed by atoms with Crippen molar-refractivity contribution in [3.05, 3.63) is 168 Å². The van der Waals surface area contributed by atoms with Gasteiger partial charge < -0.3 is 14.2 Å². The zero-order valence-corrected chi connectivity index (χ0v) is 27.9. The first kappa shape index (κ1) is 28.3. The Balaban J connectivity index is 1.14. The summed E-state index contributed by atoms with van der Waals surface area (Å²) in [7, 11) is 0. The molecule has 1 aliphatic rings. The van der Waals surface area contributed by atoms with Gasteiger partial charge in [-0.1, -0.05) is 127 Å². The van der Waals surface area contributed by atoms with Crippen LogP contribution in [0.15, 0.2) is 170 Å². The molecule has 0 saturated carbocycles. The summed E-state index contributed by atoms with van der Waals surface area (Å²) in [5.41, 5.74) is 8.34. The Morgan fingerprint density at radius 1 is 0.490 bits per heavy atom. The molecule has 51 heavy (non-hydrogen) atoms. The SMILES string of the molecule is c1ccc(C2=NC(c3cccc4oc5c(-c6cccc7c6oc6ccccc67)cccc5c34)=NC(c3cccc4sc5ccccc5c34)N2)cc1. The van der Waals surface area contributed by atoms with Crippen molar-refractivity contribution in [1.29, 1.82) is 0 Å². The van der Waals surface area contributed by atoms with E-state index in [1.165, 1.54) is 20.2 Å². The number of thiophene rings is 1. The minimum Gasteiger partial charge on any atom is -0.455 e. The summed E-state index contributed by atoms with van der Waals surface area (Å²) in [6.07, 6.45) is -0.357. The number of rotatable bonds is 4. The normalized spacial score (nSPS) is 14.9. The average molecular weight is 674 g/mol. The molecule has 6 heteroatoms. The number of para-hydroxylation sites is 3. The molecule has 3 aromatic heterocycles. The smallest absolute Gasteiger partial charge is 0.160 e. The van der Waals surface area contributed by atoms with Gasteiger partial charge in [0, 0.05) is 69.5 Å². The van der Waals surface area contributed by atoms with Crippen molar-refractivity contribution in [3.63, 3.8) is 0 Å². The number of furan rings is 2. The van der Waals surface area contributed by atoms with Crippen molar-refractivity contribution >= 4 is 87.1 Å². The topological polar surface area (TPSA) is 63.0 Å². The number of nitrogens with zero attached hydrogens (tertiary/aromatic N) is 2. The lowest BCUT2D eigenvalue weighted by Gasteiger charge is -2.24. The molecular formula is C45H27N3O2S. The van der Waals surface area contributed by atoms with Gasteiger partial charge in [-0.25, -0.2) is 9.98 Å². The predicted octanol–water partition coefficient (Wildman–Crippen LogP) is 12.0. The second-order valence-electron chi connectivity index (χ2n) is 12.9. The van der Waals surface area contributed by atoms with Crippen LogP contribution < -0.4 is 5.32 Å². The fraction of sp³-hybridized carbons (Fsp3) is 0.0222. The average Bonchev–Trinajstić information content (AvgIpc) is 3.89. The van der Waals surface area contributed by atoms with Gasteiger partial charge in [0.1, 0.15) is 34.3 Å². The summed E-state index contributed by atoms with van der Waals surface area (Å²) in [6.45, 7) is 0. The van der Waals surface area contributed by atoms with Crippen LogP contribution in [0.1, 0.15) is 22.9 Å². The molecule has 7 aromatic carbocycles. The molecule has 0 saturated heterocycles. The highest BCUT2D eigenvalue weighted by Gasteiger charge is 2.26. The van der Waals surface area contributed by atoms with E-state index < -0.39 is 0 Å². The van der Waals surface area contributed by atoms with Crippen LogP contribution in [0.5, 0.6) is 0 Å². The van der Waals surface area contributed by atoms with Crippen molar-refractivity contribution in [2.75, 3.05) is 0 Å². The highest BCUT2D eigenvalue weighted by atomic mass is 32.1. The first-order valence-electron chi connectivity index (χ1n) is 17.0. The fourth-order valence-electron chi connectivity index (χ4n) is 7.71. The van der Waals surface area contributed by atoms with Gasteiger partial charge in [-0.15, -0.1) is 11.3 Å². The minimum absolute atomic E-state index is 0.357. The van der Waals surface area contributed by atoms with Crippen LogP contribution in [0.3, 0.4) is 0 Å². The summed E-state index contributed by atoms with van der Waals surface area (Å²) in [4.78, 5) is 10.6. The van der Waals surface area contributed by atoms with E-state index in [1.54, 1.807) is 0 Å². The maximum atomic E-state index is 6.75. The van der Waals surface area contributed by atoms with Crippen molar-refractivity contribution in [1.82, 2.24) is 5.32 Å². The summed E-state index contributed by atoms with van der Waals surface area (Å²) >= 11 is 1.81. The maximum Gasteiger partial charge on any atom is 0.160 e. The monoisotopic (exact) mass is 673 g/mol. The molecule has 1 atom stereocenters. The first-order valence-corrected chi connectivity index (χ1v) is 17.8. The van der Waals surface area contributed by atoms with Crippen LogP contribution in [0, 0.1) is 0 Å². The molecule has 0 spiro atoms. The van der Waals surface area contributed by atoms with Gasteiger partial charge in [-0.2, -0.15) is 0 Å². The Hall–Kier alpha value is -6.50. The second-order valence-corrected chi connectivity index (χ2v) is 14.0. The highest BCUT2D eigenvalue weighted by Crippen LogP contribution is 2.43. The first-order chi connectivity index (χ1) is 25.3. The van der Waals surface area contributed by atoms with E-state index in [0.29, 0.717) is 5.84 Å².